The minimum absolute atomic E-state index is 0.0606. The molecular formula is C16H25N3O2. The molecule has 0 saturated heterocycles. The summed E-state index contributed by atoms with van der Waals surface area (Å²) in [4.78, 5) is 16.8. The number of pyridine rings is 1. The summed E-state index contributed by atoms with van der Waals surface area (Å²) in [6.45, 7) is 2.68. The summed E-state index contributed by atoms with van der Waals surface area (Å²) in [7, 11) is 3.53. The summed E-state index contributed by atoms with van der Waals surface area (Å²) < 4.78 is 5.53. The first-order valence-electron chi connectivity index (χ1n) is 7.64. The van der Waals surface area contributed by atoms with Crippen LogP contribution in [0.25, 0.3) is 0 Å². The molecule has 0 aromatic carbocycles. The second-order valence-corrected chi connectivity index (χ2v) is 5.66. The number of ether oxygens (including phenoxy) is 1. The fourth-order valence-corrected chi connectivity index (χ4v) is 2.60. The maximum absolute atomic E-state index is 12.3. The SMILES string of the molecule is CCCc1cc(C(=O)NCC2(OC)CCC2)cc(NC)n1. The van der Waals surface area contributed by atoms with Crippen molar-refractivity contribution >= 4 is 11.7 Å². The lowest BCUT2D eigenvalue weighted by Crippen LogP contribution is -2.49. The average Bonchev–Trinajstić information content (AvgIpc) is 2.46. The van der Waals surface area contributed by atoms with E-state index in [9.17, 15) is 4.79 Å². The van der Waals surface area contributed by atoms with E-state index in [4.69, 9.17) is 4.74 Å². The first-order chi connectivity index (χ1) is 10.1. The van der Waals surface area contributed by atoms with Crippen molar-refractivity contribution in [2.45, 2.75) is 44.6 Å². The van der Waals surface area contributed by atoms with Crippen LogP contribution in [-0.2, 0) is 11.2 Å². The van der Waals surface area contributed by atoms with Gasteiger partial charge in [-0.2, -0.15) is 0 Å². The summed E-state index contributed by atoms with van der Waals surface area (Å²) in [6, 6.07) is 3.66. The number of carbonyl (C=O) groups is 1. The molecule has 2 rings (SSSR count). The van der Waals surface area contributed by atoms with Gasteiger partial charge in [-0.05, 0) is 37.8 Å². The Hall–Kier alpha value is -1.62. The van der Waals surface area contributed by atoms with Crippen LogP contribution in [0.5, 0.6) is 0 Å². The Kier molecular flexibility index (Phi) is 5.17. The zero-order chi connectivity index (χ0) is 15.3. The maximum Gasteiger partial charge on any atom is 0.251 e. The fraction of sp³-hybridized carbons (Fsp3) is 0.625. The van der Waals surface area contributed by atoms with Crippen molar-refractivity contribution in [2.75, 3.05) is 26.0 Å². The van der Waals surface area contributed by atoms with Gasteiger partial charge in [0.25, 0.3) is 5.91 Å². The normalized spacial score (nSPS) is 16.1. The molecule has 1 saturated carbocycles. The summed E-state index contributed by atoms with van der Waals surface area (Å²) in [5.74, 6) is 0.672. The minimum atomic E-state index is -0.152. The molecular weight excluding hydrogens is 266 g/mol. The third-order valence-corrected chi connectivity index (χ3v) is 4.17. The van der Waals surface area contributed by atoms with Gasteiger partial charge in [0.05, 0.1) is 5.60 Å². The van der Waals surface area contributed by atoms with E-state index in [2.05, 4.69) is 22.5 Å². The topological polar surface area (TPSA) is 63.2 Å². The Morgan fingerprint density at radius 2 is 2.19 bits per heavy atom. The summed E-state index contributed by atoms with van der Waals surface area (Å²) >= 11 is 0. The number of anilines is 1. The van der Waals surface area contributed by atoms with Gasteiger partial charge < -0.3 is 15.4 Å². The van der Waals surface area contributed by atoms with E-state index in [1.54, 1.807) is 13.2 Å². The Labute approximate surface area is 126 Å². The third-order valence-electron chi connectivity index (χ3n) is 4.17. The van der Waals surface area contributed by atoms with Crippen LogP contribution in [0.4, 0.5) is 5.82 Å². The van der Waals surface area contributed by atoms with Crippen LogP contribution in [-0.4, -0.2) is 37.2 Å². The van der Waals surface area contributed by atoms with Gasteiger partial charge in [-0.1, -0.05) is 13.3 Å². The number of hydrogen-bond donors (Lipinski definition) is 2. The van der Waals surface area contributed by atoms with Crippen molar-refractivity contribution in [1.29, 1.82) is 0 Å². The number of amides is 1. The number of methoxy groups -OCH3 is 1. The minimum Gasteiger partial charge on any atom is -0.376 e. The number of nitrogens with one attached hydrogen (secondary N) is 2. The van der Waals surface area contributed by atoms with Crippen LogP contribution in [0.15, 0.2) is 12.1 Å². The second-order valence-electron chi connectivity index (χ2n) is 5.66. The van der Waals surface area contributed by atoms with Gasteiger partial charge in [-0.15, -0.1) is 0 Å². The molecule has 1 aliphatic carbocycles. The van der Waals surface area contributed by atoms with Crippen LogP contribution in [0.3, 0.4) is 0 Å². The second kappa shape index (κ2) is 6.89. The van der Waals surface area contributed by atoms with Gasteiger partial charge >= 0.3 is 0 Å². The van der Waals surface area contributed by atoms with E-state index in [0.717, 1.165) is 37.2 Å². The van der Waals surface area contributed by atoms with Crippen molar-refractivity contribution < 1.29 is 9.53 Å². The van der Waals surface area contributed by atoms with E-state index in [1.807, 2.05) is 13.1 Å². The van der Waals surface area contributed by atoms with Gasteiger partial charge in [0.1, 0.15) is 5.82 Å². The molecule has 5 heteroatoms. The van der Waals surface area contributed by atoms with Crippen molar-refractivity contribution in [1.82, 2.24) is 10.3 Å². The first-order valence-corrected chi connectivity index (χ1v) is 7.64. The quantitative estimate of drug-likeness (QED) is 0.809. The molecule has 0 spiro atoms. The zero-order valence-electron chi connectivity index (χ0n) is 13.2. The smallest absolute Gasteiger partial charge is 0.251 e. The molecule has 0 bridgehead atoms. The maximum atomic E-state index is 12.3. The molecule has 1 fully saturated rings. The molecule has 0 aliphatic heterocycles. The molecule has 1 amide bonds. The number of aryl methyl sites for hydroxylation is 1. The molecule has 1 heterocycles. The highest BCUT2D eigenvalue weighted by molar-refractivity contribution is 5.95. The average molecular weight is 291 g/mol. The Morgan fingerprint density at radius 1 is 1.43 bits per heavy atom. The van der Waals surface area contributed by atoms with Crippen molar-refractivity contribution in [3.8, 4) is 0 Å². The zero-order valence-corrected chi connectivity index (χ0v) is 13.2. The van der Waals surface area contributed by atoms with Gasteiger partial charge in [0, 0.05) is 32.0 Å². The van der Waals surface area contributed by atoms with E-state index >= 15 is 0 Å². The molecule has 1 aromatic rings. The molecule has 1 aromatic heterocycles. The van der Waals surface area contributed by atoms with Crippen LogP contribution in [0, 0.1) is 0 Å². The number of nitrogens with zero attached hydrogens (tertiary/aromatic N) is 1. The Balaban J connectivity index is 2.05. The predicted octanol–water partition coefficient (Wildman–Crippen LogP) is 2.37. The predicted molar refractivity (Wildman–Crippen MR) is 83.7 cm³/mol. The molecule has 2 N–H and O–H groups in total. The molecule has 0 unspecified atom stereocenters. The van der Waals surface area contributed by atoms with E-state index in [0.29, 0.717) is 12.1 Å². The largest absolute Gasteiger partial charge is 0.376 e. The summed E-state index contributed by atoms with van der Waals surface area (Å²) in [5, 5.41) is 6.00. The van der Waals surface area contributed by atoms with Crippen molar-refractivity contribution in [3.05, 3.63) is 23.4 Å². The highest BCUT2D eigenvalue weighted by Gasteiger charge is 2.37. The van der Waals surface area contributed by atoms with Crippen LogP contribution in [0.1, 0.15) is 48.7 Å². The van der Waals surface area contributed by atoms with Crippen LogP contribution in [0.2, 0.25) is 0 Å². The molecule has 21 heavy (non-hydrogen) atoms. The van der Waals surface area contributed by atoms with Gasteiger partial charge in [0.15, 0.2) is 0 Å². The van der Waals surface area contributed by atoms with Crippen LogP contribution >= 0.6 is 0 Å². The lowest BCUT2D eigenvalue weighted by atomic mass is 9.80. The van der Waals surface area contributed by atoms with Crippen molar-refractivity contribution in [2.24, 2.45) is 0 Å². The van der Waals surface area contributed by atoms with Crippen molar-refractivity contribution in [3.63, 3.8) is 0 Å². The Bertz CT molecular complexity index is 493. The van der Waals surface area contributed by atoms with Gasteiger partial charge in [-0.3, -0.25) is 4.79 Å². The molecule has 0 atom stereocenters. The number of rotatable bonds is 7. The van der Waals surface area contributed by atoms with E-state index < -0.39 is 0 Å². The van der Waals surface area contributed by atoms with Gasteiger partial charge in [0.2, 0.25) is 0 Å². The molecule has 0 radical (unpaired) electrons. The van der Waals surface area contributed by atoms with E-state index in [-0.39, 0.29) is 11.5 Å². The molecule has 1 aliphatic rings. The summed E-state index contributed by atoms with van der Waals surface area (Å²) in [5.41, 5.74) is 1.45. The fourth-order valence-electron chi connectivity index (χ4n) is 2.60. The highest BCUT2D eigenvalue weighted by atomic mass is 16.5. The molecule has 116 valence electrons. The lowest BCUT2D eigenvalue weighted by molar-refractivity contribution is -0.0679. The van der Waals surface area contributed by atoms with Crippen LogP contribution < -0.4 is 10.6 Å². The lowest BCUT2D eigenvalue weighted by Gasteiger charge is -2.40. The number of carbonyl (C=O) groups excluding carboxylic acids is 1. The third kappa shape index (κ3) is 3.73. The number of hydrogen-bond acceptors (Lipinski definition) is 4. The monoisotopic (exact) mass is 291 g/mol. The van der Waals surface area contributed by atoms with Gasteiger partial charge in [-0.25, -0.2) is 4.98 Å². The standard InChI is InChI=1S/C16H25N3O2/c1-4-6-13-9-12(10-14(17-2)19-13)15(20)18-11-16(21-3)7-5-8-16/h9-10H,4-8,11H2,1-3H3,(H,17,19)(H,18,20). The highest BCUT2D eigenvalue weighted by Crippen LogP contribution is 2.34. The molecule has 5 nitrogen and oxygen atoms in total. The van der Waals surface area contributed by atoms with E-state index in [1.165, 1.54) is 6.42 Å². The number of aromatic nitrogens is 1. The summed E-state index contributed by atoms with van der Waals surface area (Å²) in [6.07, 6.45) is 5.08. The Morgan fingerprint density at radius 3 is 2.71 bits per heavy atom. The first kappa shape index (κ1) is 15.8.